The lowest BCUT2D eigenvalue weighted by Crippen LogP contribution is -2.46. The summed E-state index contributed by atoms with van der Waals surface area (Å²) in [5.74, 6) is 1.81. The number of benzene rings is 3. The monoisotopic (exact) mass is 442 g/mol. The number of anilines is 1. The maximum Gasteiger partial charge on any atom is 0.119 e. The fraction of sp³-hybridized carbons (Fsp3) is 0.296. The molecular formula is C27H30N4O2. The van der Waals surface area contributed by atoms with Gasteiger partial charge in [-0.05, 0) is 67.1 Å². The third-order valence-electron chi connectivity index (χ3n) is 6.27. The van der Waals surface area contributed by atoms with Crippen molar-refractivity contribution in [1.29, 1.82) is 0 Å². The Hall–Kier alpha value is -3.51. The van der Waals surface area contributed by atoms with Gasteiger partial charge >= 0.3 is 0 Å². The number of ether oxygens (including phenoxy) is 2. The van der Waals surface area contributed by atoms with E-state index in [4.69, 9.17) is 9.47 Å². The molecule has 0 aliphatic carbocycles. The number of hydrogen-bond donors (Lipinski definition) is 0. The molecule has 1 aliphatic heterocycles. The lowest BCUT2D eigenvalue weighted by molar-refractivity contribution is 0.224. The standard InChI is InChI=1S/C27H30N4O2/c1-32-24-11-7-22(8-12-24)30-18-16-29(17-19-30)15-4-20-33-25-13-9-23(10-14-25)31-21-28-26-5-2-3-6-27(26)31/h2-3,5-14,21H,4,15-20H2,1H3. The van der Waals surface area contributed by atoms with Crippen molar-refractivity contribution in [3.63, 3.8) is 0 Å². The van der Waals surface area contributed by atoms with Crippen molar-refractivity contribution in [2.45, 2.75) is 6.42 Å². The van der Waals surface area contributed by atoms with E-state index in [0.29, 0.717) is 0 Å². The van der Waals surface area contributed by atoms with Gasteiger partial charge in [-0.2, -0.15) is 0 Å². The molecule has 0 bridgehead atoms. The van der Waals surface area contributed by atoms with Crippen LogP contribution < -0.4 is 14.4 Å². The quantitative estimate of drug-likeness (QED) is 0.373. The minimum atomic E-state index is 0.728. The summed E-state index contributed by atoms with van der Waals surface area (Å²) in [7, 11) is 1.70. The molecule has 0 atom stereocenters. The van der Waals surface area contributed by atoms with Crippen molar-refractivity contribution in [3.05, 3.63) is 79.1 Å². The summed E-state index contributed by atoms with van der Waals surface area (Å²) < 4.78 is 13.4. The Bertz CT molecular complexity index is 1160. The highest BCUT2D eigenvalue weighted by Crippen LogP contribution is 2.22. The van der Waals surface area contributed by atoms with Crippen LogP contribution in [0.1, 0.15) is 6.42 Å². The number of methoxy groups -OCH3 is 1. The van der Waals surface area contributed by atoms with Crippen LogP contribution in [0.4, 0.5) is 5.69 Å². The molecule has 0 unspecified atom stereocenters. The first kappa shape index (κ1) is 21.3. The predicted octanol–water partition coefficient (Wildman–Crippen LogP) is 4.63. The molecule has 0 N–H and O–H groups in total. The van der Waals surface area contributed by atoms with E-state index in [9.17, 15) is 0 Å². The van der Waals surface area contributed by atoms with Crippen LogP contribution in [0.3, 0.4) is 0 Å². The summed E-state index contributed by atoms with van der Waals surface area (Å²) in [5, 5.41) is 0. The highest BCUT2D eigenvalue weighted by Gasteiger charge is 2.16. The number of rotatable bonds is 8. The predicted molar refractivity (Wildman–Crippen MR) is 133 cm³/mol. The van der Waals surface area contributed by atoms with Crippen molar-refractivity contribution < 1.29 is 9.47 Å². The molecule has 4 aromatic rings. The van der Waals surface area contributed by atoms with Crippen LogP contribution in [0.2, 0.25) is 0 Å². The van der Waals surface area contributed by atoms with Crippen molar-refractivity contribution in [2.24, 2.45) is 0 Å². The van der Waals surface area contributed by atoms with Gasteiger partial charge in [-0.25, -0.2) is 4.98 Å². The SMILES string of the molecule is COc1ccc(N2CCN(CCCOc3ccc(-n4cnc5ccccc54)cc3)CC2)cc1. The first-order valence-electron chi connectivity index (χ1n) is 11.6. The second-order valence-electron chi connectivity index (χ2n) is 8.33. The van der Waals surface area contributed by atoms with Crippen LogP contribution in [0.25, 0.3) is 16.7 Å². The highest BCUT2D eigenvalue weighted by atomic mass is 16.5. The Morgan fingerprint density at radius 3 is 2.24 bits per heavy atom. The van der Waals surface area contributed by atoms with E-state index in [1.165, 1.54) is 5.69 Å². The number of piperazine rings is 1. The minimum Gasteiger partial charge on any atom is -0.497 e. The van der Waals surface area contributed by atoms with Crippen LogP contribution in [0.15, 0.2) is 79.1 Å². The Morgan fingerprint density at radius 1 is 0.788 bits per heavy atom. The van der Waals surface area contributed by atoms with Gasteiger partial charge in [0.25, 0.3) is 0 Å². The fourth-order valence-electron chi connectivity index (χ4n) is 4.37. The molecule has 33 heavy (non-hydrogen) atoms. The lowest BCUT2D eigenvalue weighted by atomic mass is 10.2. The fourth-order valence-corrected chi connectivity index (χ4v) is 4.37. The van der Waals surface area contributed by atoms with E-state index in [0.717, 1.165) is 74.0 Å². The lowest BCUT2D eigenvalue weighted by Gasteiger charge is -2.36. The van der Waals surface area contributed by atoms with Gasteiger partial charge in [-0.3, -0.25) is 9.47 Å². The van der Waals surface area contributed by atoms with Crippen LogP contribution in [-0.4, -0.2) is 60.9 Å². The van der Waals surface area contributed by atoms with Crippen molar-refractivity contribution in [2.75, 3.05) is 51.3 Å². The van der Waals surface area contributed by atoms with Gasteiger partial charge in [0.2, 0.25) is 0 Å². The number of aromatic nitrogens is 2. The smallest absolute Gasteiger partial charge is 0.119 e. The zero-order valence-corrected chi connectivity index (χ0v) is 19.1. The van der Waals surface area contributed by atoms with E-state index >= 15 is 0 Å². The first-order chi connectivity index (χ1) is 16.3. The molecule has 6 heteroatoms. The van der Waals surface area contributed by atoms with E-state index in [1.54, 1.807) is 7.11 Å². The van der Waals surface area contributed by atoms with E-state index < -0.39 is 0 Å². The highest BCUT2D eigenvalue weighted by molar-refractivity contribution is 5.77. The molecule has 6 nitrogen and oxygen atoms in total. The summed E-state index contributed by atoms with van der Waals surface area (Å²) in [6, 6.07) is 24.8. The third-order valence-corrected chi connectivity index (χ3v) is 6.27. The van der Waals surface area contributed by atoms with Crippen molar-refractivity contribution in [1.82, 2.24) is 14.5 Å². The molecule has 170 valence electrons. The number of para-hydroxylation sites is 2. The number of fused-ring (bicyclic) bond motifs is 1. The summed E-state index contributed by atoms with van der Waals surface area (Å²) in [4.78, 5) is 9.44. The second-order valence-corrected chi connectivity index (χ2v) is 8.33. The Kier molecular flexibility index (Phi) is 6.44. The van der Waals surface area contributed by atoms with Crippen LogP contribution in [0.5, 0.6) is 11.5 Å². The summed E-state index contributed by atoms with van der Waals surface area (Å²) in [6.07, 6.45) is 2.89. The van der Waals surface area contributed by atoms with E-state index in [-0.39, 0.29) is 0 Å². The van der Waals surface area contributed by atoms with E-state index in [1.807, 2.05) is 48.8 Å². The molecule has 0 spiro atoms. The van der Waals surface area contributed by atoms with Gasteiger partial charge in [0.15, 0.2) is 0 Å². The maximum atomic E-state index is 6.00. The van der Waals surface area contributed by atoms with Gasteiger partial charge in [-0.15, -0.1) is 0 Å². The number of nitrogens with zero attached hydrogens (tertiary/aromatic N) is 4. The molecule has 1 saturated heterocycles. The van der Waals surface area contributed by atoms with Gasteiger partial charge < -0.3 is 14.4 Å². The average molecular weight is 443 g/mol. The molecule has 0 amide bonds. The third kappa shape index (κ3) is 4.96. The second kappa shape index (κ2) is 9.96. The van der Waals surface area contributed by atoms with Crippen molar-refractivity contribution in [3.8, 4) is 17.2 Å². The summed E-state index contributed by atoms with van der Waals surface area (Å²) >= 11 is 0. The van der Waals surface area contributed by atoms with Crippen LogP contribution in [0, 0.1) is 0 Å². The van der Waals surface area contributed by atoms with Gasteiger partial charge in [0, 0.05) is 44.1 Å². The zero-order valence-electron chi connectivity index (χ0n) is 19.1. The van der Waals surface area contributed by atoms with Gasteiger partial charge in [0.1, 0.15) is 17.8 Å². The molecule has 5 rings (SSSR count). The largest absolute Gasteiger partial charge is 0.497 e. The van der Waals surface area contributed by atoms with Crippen molar-refractivity contribution >= 4 is 16.7 Å². The van der Waals surface area contributed by atoms with Gasteiger partial charge in [-0.1, -0.05) is 12.1 Å². The average Bonchev–Trinajstić information content (AvgIpc) is 3.32. The van der Waals surface area contributed by atoms with Crippen LogP contribution in [-0.2, 0) is 0 Å². The normalized spacial score (nSPS) is 14.5. The molecule has 1 aromatic heterocycles. The molecule has 0 radical (unpaired) electrons. The zero-order chi connectivity index (χ0) is 22.5. The summed E-state index contributed by atoms with van der Waals surface area (Å²) in [5.41, 5.74) is 4.47. The Labute approximate surface area is 195 Å². The molecule has 1 aliphatic rings. The molecule has 2 heterocycles. The first-order valence-corrected chi connectivity index (χ1v) is 11.6. The number of hydrogen-bond acceptors (Lipinski definition) is 5. The van der Waals surface area contributed by atoms with Crippen LogP contribution >= 0.6 is 0 Å². The minimum absolute atomic E-state index is 0.728. The Morgan fingerprint density at radius 2 is 1.48 bits per heavy atom. The Balaban J connectivity index is 1.05. The number of imidazole rings is 1. The summed E-state index contributed by atoms with van der Waals surface area (Å²) in [6.45, 7) is 6.07. The molecule has 0 saturated carbocycles. The topological polar surface area (TPSA) is 42.8 Å². The molecule has 3 aromatic carbocycles. The van der Waals surface area contributed by atoms with E-state index in [2.05, 4.69) is 49.7 Å². The molecule has 1 fully saturated rings. The molecular weight excluding hydrogens is 412 g/mol. The van der Waals surface area contributed by atoms with Gasteiger partial charge in [0.05, 0.1) is 24.8 Å². The maximum absolute atomic E-state index is 6.00.